The summed E-state index contributed by atoms with van der Waals surface area (Å²) < 4.78 is 10.4. The van der Waals surface area contributed by atoms with Crippen molar-refractivity contribution in [2.24, 2.45) is 5.92 Å². The Morgan fingerprint density at radius 2 is 1.68 bits per heavy atom. The van der Waals surface area contributed by atoms with Gasteiger partial charge in [0.1, 0.15) is 24.1 Å². The number of carbonyl (C=O) groups excluding carboxylic acids is 2. The van der Waals surface area contributed by atoms with Crippen molar-refractivity contribution < 1.29 is 28.8 Å². The molecule has 4 rings (SSSR count). The van der Waals surface area contributed by atoms with Gasteiger partial charge < -0.3 is 25.0 Å². The van der Waals surface area contributed by atoms with Crippen LogP contribution < -0.4 is 10.6 Å². The van der Waals surface area contributed by atoms with E-state index in [0.29, 0.717) is 0 Å². The van der Waals surface area contributed by atoms with E-state index in [1.54, 1.807) is 6.92 Å². The Hall–Kier alpha value is -4.14. The molecule has 0 bridgehead atoms. The number of fused-ring (bicyclic) bond motifs is 3. The SMILES string of the molecule is CC(NC(=O)c1conc1CNC(=O)OCC1c2ccccc2-c2ccccc21)C(C)C(=O)O. The topological polar surface area (TPSA) is 131 Å². The lowest BCUT2D eigenvalue weighted by Crippen LogP contribution is -2.40. The smallest absolute Gasteiger partial charge is 0.407 e. The van der Waals surface area contributed by atoms with E-state index in [4.69, 9.17) is 14.4 Å². The van der Waals surface area contributed by atoms with E-state index in [-0.39, 0.29) is 30.3 Å². The second-order valence-corrected chi connectivity index (χ2v) is 8.24. The summed E-state index contributed by atoms with van der Waals surface area (Å²) in [6.45, 7) is 3.18. The molecule has 2 atom stereocenters. The van der Waals surface area contributed by atoms with Gasteiger partial charge in [0.2, 0.25) is 0 Å². The number of aliphatic carboxylic acids is 1. The van der Waals surface area contributed by atoms with Crippen LogP contribution >= 0.6 is 0 Å². The van der Waals surface area contributed by atoms with E-state index >= 15 is 0 Å². The number of aromatic nitrogens is 1. The van der Waals surface area contributed by atoms with Crippen molar-refractivity contribution in [1.82, 2.24) is 15.8 Å². The first-order valence-corrected chi connectivity index (χ1v) is 10.9. The first-order chi connectivity index (χ1) is 16.4. The van der Waals surface area contributed by atoms with Crippen molar-refractivity contribution in [3.63, 3.8) is 0 Å². The zero-order valence-corrected chi connectivity index (χ0v) is 18.8. The summed E-state index contributed by atoms with van der Waals surface area (Å²) in [5.41, 5.74) is 4.81. The number of hydrogen-bond acceptors (Lipinski definition) is 6. The van der Waals surface area contributed by atoms with Gasteiger partial charge in [0, 0.05) is 12.0 Å². The Balaban J connectivity index is 1.34. The minimum atomic E-state index is -1.02. The second kappa shape index (κ2) is 9.78. The fourth-order valence-electron chi connectivity index (χ4n) is 4.00. The van der Waals surface area contributed by atoms with E-state index in [1.165, 1.54) is 6.92 Å². The summed E-state index contributed by atoms with van der Waals surface area (Å²) in [5, 5.41) is 18.1. The van der Waals surface area contributed by atoms with Crippen molar-refractivity contribution in [3.05, 3.63) is 77.2 Å². The molecular formula is C25H25N3O6. The van der Waals surface area contributed by atoms with Crippen molar-refractivity contribution in [2.75, 3.05) is 6.61 Å². The van der Waals surface area contributed by atoms with Gasteiger partial charge in [0.15, 0.2) is 0 Å². The fraction of sp³-hybridized carbons (Fsp3) is 0.280. The maximum absolute atomic E-state index is 12.5. The predicted molar refractivity (Wildman–Crippen MR) is 122 cm³/mol. The number of rotatable bonds is 8. The van der Waals surface area contributed by atoms with Crippen LogP contribution in [-0.4, -0.2) is 40.9 Å². The molecule has 1 aliphatic carbocycles. The Morgan fingerprint density at radius 3 is 2.29 bits per heavy atom. The van der Waals surface area contributed by atoms with Crippen LogP contribution in [0.5, 0.6) is 0 Å². The van der Waals surface area contributed by atoms with E-state index in [1.807, 2.05) is 36.4 Å². The lowest BCUT2D eigenvalue weighted by Gasteiger charge is -2.17. The lowest BCUT2D eigenvalue weighted by molar-refractivity contribution is -0.141. The third-order valence-corrected chi connectivity index (χ3v) is 6.13. The summed E-state index contributed by atoms with van der Waals surface area (Å²) >= 11 is 0. The number of benzene rings is 2. The zero-order valence-electron chi connectivity index (χ0n) is 18.8. The Bertz CT molecular complexity index is 1180. The number of nitrogens with one attached hydrogen (secondary N) is 2. The highest BCUT2D eigenvalue weighted by Crippen LogP contribution is 2.44. The number of amides is 2. The van der Waals surface area contributed by atoms with Crippen LogP contribution in [0, 0.1) is 5.92 Å². The maximum Gasteiger partial charge on any atom is 0.407 e. The summed E-state index contributed by atoms with van der Waals surface area (Å²) in [4.78, 5) is 36.0. The molecule has 34 heavy (non-hydrogen) atoms. The molecule has 1 aromatic heterocycles. The van der Waals surface area contributed by atoms with Crippen LogP contribution in [0.2, 0.25) is 0 Å². The molecule has 0 saturated carbocycles. The normalized spacial score (nSPS) is 13.9. The second-order valence-electron chi connectivity index (χ2n) is 8.24. The van der Waals surface area contributed by atoms with Crippen LogP contribution in [0.15, 0.2) is 59.3 Å². The molecule has 3 N–H and O–H groups in total. The first kappa shape index (κ1) is 23.0. The lowest BCUT2D eigenvalue weighted by atomic mass is 9.98. The molecule has 0 fully saturated rings. The van der Waals surface area contributed by atoms with Gasteiger partial charge in [-0.3, -0.25) is 9.59 Å². The standard InChI is InChI=1S/C25H25N3O6/c1-14(24(30)31)15(2)27-23(29)21-13-34-28-22(21)11-26-25(32)33-12-20-18-9-5-3-7-16(18)17-8-4-6-10-19(17)20/h3-10,13-15,20H,11-12H2,1-2H3,(H,26,32)(H,27,29)(H,30,31). The number of carbonyl (C=O) groups is 3. The summed E-state index contributed by atoms with van der Waals surface area (Å²) in [7, 11) is 0. The largest absolute Gasteiger partial charge is 0.481 e. The van der Waals surface area contributed by atoms with Gasteiger partial charge in [-0.15, -0.1) is 0 Å². The third kappa shape index (κ3) is 4.63. The van der Waals surface area contributed by atoms with Crippen LogP contribution in [0.1, 0.15) is 46.9 Å². The van der Waals surface area contributed by atoms with Crippen LogP contribution in [0.4, 0.5) is 4.79 Å². The monoisotopic (exact) mass is 463 g/mol. The maximum atomic E-state index is 12.5. The van der Waals surface area contributed by atoms with E-state index in [9.17, 15) is 14.4 Å². The molecule has 176 valence electrons. The molecule has 9 heteroatoms. The Morgan fingerprint density at radius 1 is 1.06 bits per heavy atom. The van der Waals surface area contributed by atoms with E-state index in [0.717, 1.165) is 28.5 Å². The van der Waals surface area contributed by atoms with Gasteiger partial charge in [0.05, 0.1) is 12.5 Å². The Labute approximate surface area is 196 Å². The minimum absolute atomic E-state index is 0.0655. The molecular weight excluding hydrogens is 438 g/mol. The number of nitrogens with zero attached hydrogens (tertiary/aromatic N) is 1. The van der Waals surface area contributed by atoms with Gasteiger partial charge in [0.25, 0.3) is 5.91 Å². The highest BCUT2D eigenvalue weighted by Gasteiger charge is 2.29. The molecule has 1 aliphatic rings. The number of alkyl carbamates (subject to hydrolysis) is 1. The quantitative estimate of drug-likeness (QED) is 0.466. The highest BCUT2D eigenvalue weighted by molar-refractivity contribution is 5.95. The number of hydrogen-bond donors (Lipinski definition) is 3. The molecule has 0 saturated heterocycles. The van der Waals surface area contributed by atoms with Crippen LogP contribution in [-0.2, 0) is 16.1 Å². The van der Waals surface area contributed by atoms with E-state index in [2.05, 4.69) is 27.9 Å². The molecule has 1 heterocycles. The van der Waals surface area contributed by atoms with Crippen molar-refractivity contribution in [1.29, 1.82) is 0 Å². The highest BCUT2D eigenvalue weighted by atomic mass is 16.5. The number of ether oxygens (including phenoxy) is 1. The number of carboxylic acid groups (broad SMARTS) is 1. The minimum Gasteiger partial charge on any atom is -0.481 e. The molecule has 2 unspecified atom stereocenters. The molecule has 2 amide bonds. The van der Waals surface area contributed by atoms with Gasteiger partial charge in [-0.05, 0) is 36.1 Å². The molecule has 0 aliphatic heterocycles. The van der Waals surface area contributed by atoms with Gasteiger partial charge in [-0.1, -0.05) is 53.7 Å². The van der Waals surface area contributed by atoms with Gasteiger partial charge in [-0.2, -0.15) is 0 Å². The molecule has 9 nitrogen and oxygen atoms in total. The molecule has 0 radical (unpaired) electrons. The fourth-order valence-corrected chi connectivity index (χ4v) is 4.00. The van der Waals surface area contributed by atoms with Crippen LogP contribution in [0.3, 0.4) is 0 Å². The van der Waals surface area contributed by atoms with Crippen molar-refractivity contribution >= 4 is 18.0 Å². The van der Waals surface area contributed by atoms with Gasteiger partial charge in [-0.25, -0.2) is 4.79 Å². The molecule has 0 spiro atoms. The third-order valence-electron chi connectivity index (χ3n) is 6.13. The summed E-state index contributed by atoms with van der Waals surface area (Å²) in [6.07, 6.45) is 0.506. The van der Waals surface area contributed by atoms with Crippen molar-refractivity contribution in [3.8, 4) is 11.1 Å². The summed E-state index contributed by atoms with van der Waals surface area (Å²) in [6, 6.07) is 15.5. The average molecular weight is 463 g/mol. The van der Waals surface area contributed by atoms with Gasteiger partial charge >= 0.3 is 12.1 Å². The zero-order chi connectivity index (χ0) is 24.2. The number of carboxylic acids is 1. The Kier molecular flexibility index (Phi) is 6.62. The predicted octanol–water partition coefficient (Wildman–Crippen LogP) is 3.55. The average Bonchev–Trinajstić information content (AvgIpc) is 3.43. The van der Waals surface area contributed by atoms with Crippen molar-refractivity contribution in [2.45, 2.75) is 32.4 Å². The molecule has 2 aromatic carbocycles. The van der Waals surface area contributed by atoms with E-state index < -0.39 is 29.9 Å². The molecule has 3 aromatic rings. The summed E-state index contributed by atoms with van der Waals surface area (Å²) in [5.74, 6) is -2.39. The first-order valence-electron chi connectivity index (χ1n) is 10.9. The van der Waals surface area contributed by atoms with Crippen LogP contribution in [0.25, 0.3) is 11.1 Å².